The molecule has 1 aliphatic rings. The number of nitrogens with zero attached hydrogens (tertiary/aromatic N) is 2. The van der Waals surface area contributed by atoms with E-state index in [0.29, 0.717) is 28.8 Å². The van der Waals surface area contributed by atoms with Crippen LogP contribution in [0.15, 0.2) is 88.3 Å². The van der Waals surface area contributed by atoms with Crippen molar-refractivity contribution in [2.45, 2.75) is 23.1 Å². The van der Waals surface area contributed by atoms with Crippen LogP contribution in [0.4, 0.5) is 10.5 Å². The van der Waals surface area contributed by atoms with Gasteiger partial charge >= 0.3 is 6.03 Å². The highest BCUT2D eigenvalue weighted by molar-refractivity contribution is 7.90. The van der Waals surface area contributed by atoms with E-state index < -0.39 is 32.0 Å². The van der Waals surface area contributed by atoms with Gasteiger partial charge in [-0.1, -0.05) is 48.5 Å². The quantitative estimate of drug-likeness (QED) is 0.421. The van der Waals surface area contributed by atoms with Gasteiger partial charge < -0.3 is 10.2 Å². The van der Waals surface area contributed by atoms with Crippen LogP contribution in [0.3, 0.4) is 0 Å². The maximum Gasteiger partial charge on any atom is 0.333 e. The first-order valence-electron chi connectivity index (χ1n) is 11.9. The Hall–Kier alpha value is -4.00. The molecule has 1 heterocycles. The minimum Gasteiger partial charge on any atom is -0.306 e. The topological polar surface area (TPSA) is 133 Å². The number of urea groups is 1. The fourth-order valence-corrected chi connectivity index (χ4v) is 6.26. The molecule has 4 rings (SSSR count). The van der Waals surface area contributed by atoms with Crippen LogP contribution < -0.4 is 14.9 Å². The number of amides is 3. The molecule has 0 bridgehead atoms. The molecule has 0 aromatic heterocycles. The van der Waals surface area contributed by atoms with E-state index in [2.05, 4.69) is 5.32 Å². The fraction of sp³-hybridized carbons (Fsp3) is 0.185. The Labute approximate surface area is 228 Å². The first kappa shape index (κ1) is 28.0. The maximum atomic E-state index is 13.7. The van der Waals surface area contributed by atoms with Crippen molar-refractivity contribution in [2.75, 3.05) is 25.5 Å². The van der Waals surface area contributed by atoms with Crippen molar-refractivity contribution in [3.8, 4) is 0 Å². The van der Waals surface area contributed by atoms with Gasteiger partial charge in [0.1, 0.15) is 5.70 Å². The fourth-order valence-electron chi connectivity index (χ4n) is 4.16. The first-order chi connectivity index (χ1) is 18.4. The molecule has 0 radical (unpaired) electrons. The summed E-state index contributed by atoms with van der Waals surface area (Å²) in [5.74, 6) is -0.579. The minimum atomic E-state index is -4.20. The van der Waals surface area contributed by atoms with Crippen molar-refractivity contribution in [3.63, 3.8) is 0 Å². The third-order valence-electron chi connectivity index (χ3n) is 6.17. The Morgan fingerprint density at radius 2 is 1.59 bits per heavy atom. The lowest BCUT2D eigenvalue weighted by molar-refractivity contribution is -0.115. The molecule has 0 spiro atoms. The molecule has 3 aromatic carbocycles. The summed E-state index contributed by atoms with van der Waals surface area (Å²) in [5.41, 5.74) is 2.08. The number of carbonyl (C=O) groups is 2. The normalized spacial score (nSPS) is 13.7. The van der Waals surface area contributed by atoms with E-state index in [1.165, 1.54) is 43.3 Å². The van der Waals surface area contributed by atoms with Gasteiger partial charge in [0.2, 0.25) is 10.0 Å². The monoisotopic (exact) mass is 568 g/mol. The number of carbonyl (C=O) groups excluding carboxylic acids is 2. The lowest BCUT2D eigenvalue weighted by Gasteiger charge is -2.20. The predicted octanol–water partition coefficient (Wildman–Crippen LogP) is 2.86. The summed E-state index contributed by atoms with van der Waals surface area (Å²) in [7, 11) is -4.98. The molecule has 12 heteroatoms. The number of hydrogen-bond acceptors (Lipinski definition) is 6. The third-order valence-corrected chi connectivity index (χ3v) is 9.47. The lowest BCUT2D eigenvalue weighted by Crippen LogP contribution is -2.43. The van der Waals surface area contributed by atoms with Gasteiger partial charge in [-0.05, 0) is 60.4 Å². The van der Waals surface area contributed by atoms with Crippen molar-refractivity contribution >= 4 is 43.7 Å². The highest BCUT2D eigenvalue weighted by Crippen LogP contribution is 2.32. The number of anilines is 1. The average molecular weight is 569 g/mol. The zero-order valence-electron chi connectivity index (χ0n) is 21.6. The highest BCUT2D eigenvalue weighted by atomic mass is 32.2. The van der Waals surface area contributed by atoms with Gasteiger partial charge in [-0.2, -0.15) is 0 Å². The number of sulfonamides is 2. The van der Waals surface area contributed by atoms with Crippen LogP contribution in [0.5, 0.6) is 0 Å². The molecular weight excluding hydrogens is 540 g/mol. The number of benzene rings is 3. The largest absolute Gasteiger partial charge is 0.333 e. The zero-order chi connectivity index (χ0) is 28.4. The van der Waals surface area contributed by atoms with E-state index in [9.17, 15) is 26.4 Å². The second-order valence-electron chi connectivity index (χ2n) is 9.08. The molecule has 3 amide bonds. The van der Waals surface area contributed by atoms with Gasteiger partial charge in [-0.15, -0.1) is 0 Å². The Bertz CT molecular complexity index is 1670. The van der Waals surface area contributed by atoms with Crippen LogP contribution in [0, 0.1) is 6.92 Å². The summed E-state index contributed by atoms with van der Waals surface area (Å²) in [6.45, 7) is 1.85. The van der Waals surface area contributed by atoms with Crippen LogP contribution in [0.2, 0.25) is 0 Å². The molecule has 0 fully saturated rings. The second-order valence-corrected chi connectivity index (χ2v) is 12.9. The van der Waals surface area contributed by atoms with E-state index in [1.807, 2.05) is 4.72 Å². The zero-order valence-corrected chi connectivity index (χ0v) is 23.2. The van der Waals surface area contributed by atoms with Crippen molar-refractivity contribution in [1.82, 2.24) is 14.3 Å². The molecule has 2 N–H and O–H groups in total. The Morgan fingerprint density at radius 1 is 0.923 bits per heavy atom. The highest BCUT2D eigenvalue weighted by Gasteiger charge is 2.30. The number of nitrogens with one attached hydrogen (secondary N) is 2. The van der Waals surface area contributed by atoms with Crippen LogP contribution in [-0.2, 0) is 31.3 Å². The molecule has 0 atom stereocenters. The molecule has 10 nitrogen and oxygen atoms in total. The van der Waals surface area contributed by atoms with E-state index >= 15 is 0 Å². The molecule has 1 aliphatic heterocycles. The Kier molecular flexibility index (Phi) is 7.91. The predicted molar refractivity (Wildman–Crippen MR) is 148 cm³/mol. The molecular formula is C27H28N4O6S2. The van der Waals surface area contributed by atoms with Crippen LogP contribution >= 0.6 is 0 Å². The van der Waals surface area contributed by atoms with Crippen molar-refractivity contribution in [3.05, 3.63) is 95.2 Å². The second kappa shape index (κ2) is 11.0. The van der Waals surface area contributed by atoms with Gasteiger partial charge in [0.15, 0.2) is 0 Å². The number of hydrogen-bond donors (Lipinski definition) is 2. The molecule has 0 saturated carbocycles. The number of aryl methyl sites for hydroxylation is 1. The van der Waals surface area contributed by atoms with E-state index in [-0.39, 0.29) is 22.0 Å². The molecule has 0 aliphatic carbocycles. The van der Waals surface area contributed by atoms with Gasteiger partial charge in [0.05, 0.1) is 9.79 Å². The van der Waals surface area contributed by atoms with Crippen molar-refractivity contribution in [1.29, 1.82) is 0 Å². The summed E-state index contributed by atoms with van der Waals surface area (Å²) >= 11 is 0. The van der Waals surface area contributed by atoms with E-state index in [4.69, 9.17) is 0 Å². The van der Waals surface area contributed by atoms with Crippen molar-refractivity contribution in [2.24, 2.45) is 0 Å². The molecule has 204 valence electrons. The van der Waals surface area contributed by atoms with E-state index in [1.54, 1.807) is 61.5 Å². The smallest absolute Gasteiger partial charge is 0.306 e. The number of fused-ring (bicyclic) bond motifs is 1. The molecule has 0 saturated heterocycles. The van der Waals surface area contributed by atoms with Gasteiger partial charge in [0, 0.05) is 26.3 Å². The molecule has 3 aromatic rings. The standard InChI is InChI=1S/C27H28N4O6S2/c1-19-9-7-8-12-25(19)38(34,35)29-27(33)28-23(17-20-10-5-4-6-11-20)26(32)31-16-15-21-18-22(13-14-24(21)31)39(36,37)30(2)3/h4-14,17-18H,15-16H2,1-3H3,(H2,28,29,33)/b23-17-. The van der Waals surface area contributed by atoms with Crippen LogP contribution in [0.1, 0.15) is 16.7 Å². The summed E-state index contributed by atoms with van der Waals surface area (Å²) in [6.07, 6.45) is 1.86. The first-order valence-corrected chi connectivity index (χ1v) is 14.9. The third kappa shape index (κ3) is 6.03. The van der Waals surface area contributed by atoms with E-state index in [0.717, 1.165) is 4.31 Å². The summed E-state index contributed by atoms with van der Waals surface area (Å²) in [6, 6.07) is 18.4. The van der Waals surface area contributed by atoms with Crippen molar-refractivity contribution < 1.29 is 26.4 Å². The Morgan fingerprint density at radius 3 is 2.26 bits per heavy atom. The van der Waals surface area contributed by atoms with Gasteiger partial charge in [0.25, 0.3) is 15.9 Å². The van der Waals surface area contributed by atoms with Crippen LogP contribution in [0.25, 0.3) is 6.08 Å². The Balaban J connectivity index is 1.63. The minimum absolute atomic E-state index is 0.0583. The molecule has 0 unspecified atom stereocenters. The number of rotatable bonds is 7. The summed E-state index contributed by atoms with van der Waals surface area (Å²) < 4.78 is 53.8. The summed E-state index contributed by atoms with van der Waals surface area (Å²) in [5, 5.41) is 2.41. The lowest BCUT2D eigenvalue weighted by atomic mass is 10.1. The van der Waals surface area contributed by atoms with Crippen LogP contribution in [-0.4, -0.2) is 53.7 Å². The summed E-state index contributed by atoms with van der Waals surface area (Å²) in [4.78, 5) is 28.0. The van der Waals surface area contributed by atoms with Gasteiger partial charge in [-0.3, -0.25) is 4.79 Å². The van der Waals surface area contributed by atoms with Gasteiger partial charge in [-0.25, -0.2) is 30.7 Å². The molecule has 39 heavy (non-hydrogen) atoms. The average Bonchev–Trinajstić information content (AvgIpc) is 3.31. The SMILES string of the molecule is Cc1ccccc1S(=O)(=O)NC(=O)N/C(=C\c1ccccc1)C(=O)N1CCc2cc(S(=O)(=O)N(C)C)ccc21. The maximum absolute atomic E-state index is 13.7.